The summed E-state index contributed by atoms with van der Waals surface area (Å²) in [5.74, 6) is 0.276. The molecule has 0 unspecified atom stereocenters. The molecule has 0 heterocycles. The monoisotopic (exact) mass is 240 g/mol. The zero-order chi connectivity index (χ0) is 13.1. The van der Waals surface area contributed by atoms with E-state index in [0.29, 0.717) is 12.5 Å². The first-order valence-corrected chi connectivity index (χ1v) is 6.97. The normalized spacial score (nSPS) is 11.9. The molecule has 0 saturated heterocycles. The zero-order valence-electron chi connectivity index (χ0n) is 11.9. The quantitative estimate of drug-likeness (QED) is 0.337. The van der Waals surface area contributed by atoms with Crippen molar-refractivity contribution in [2.45, 2.75) is 66.2 Å². The van der Waals surface area contributed by atoms with Crippen LogP contribution in [-0.2, 0) is 9.53 Å². The average molecular weight is 240 g/mol. The van der Waals surface area contributed by atoms with Crippen molar-refractivity contribution in [2.75, 3.05) is 6.61 Å². The van der Waals surface area contributed by atoms with Crippen LogP contribution in [-0.4, -0.2) is 12.6 Å². The summed E-state index contributed by atoms with van der Waals surface area (Å²) in [6, 6.07) is 0. The first kappa shape index (κ1) is 16.2. The van der Waals surface area contributed by atoms with E-state index in [1.165, 1.54) is 25.7 Å². The van der Waals surface area contributed by atoms with E-state index in [2.05, 4.69) is 13.0 Å². The molecule has 17 heavy (non-hydrogen) atoms. The van der Waals surface area contributed by atoms with Gasteiger partial charge >= 0.3 is 5.97 Å². The Hall–Kier alpha value is -0.790. The van der Waals surface area contributed by atoms with Gasteiger partial charge in [-0.1, -0.05) is 53.0 Å². The summed E-state index contributed by atoms with van der Waals surface area (Å²) >= 11 is 0. The second kappa shape index (κ2) is 10.4. The maximum atomic E-state index is 11.7. The number of rotatable bonds is 9. The second-order valence-corrected chi connectivity index (χ2v) is 4.92. The predicted molar refractivity (Wildman–Crippen MR) is 72.9 cm³/mol. The summed E-state index contributed by atoms with van der Waals surface area (Å²) in [5, 5.41) is 0. The molecule has 0 atom stereocenters. The number of allylic oxidation sites excluding steroid dienone is 1. The molecule has 0 rings (SSSR count). The summed E-state index contributed by atoms with van der Waals surface area (Å²) in [6.45, 7) is 8.83. The molecule has 0 bridgehead atoms. The topological polar surface area (TPSA) is 26.3 Å². The van der Waals surface area contributed by atoms with Gasteiger partial charge in [0.1, 0.15) is 0 Å². The smallest absolute Gasteiger partial charge is 0.333 e. The molecule has 0 radical (unpaired) electrons. The van der Waals surface area contributed by atoms with E-state index in [4.69, 9.17) is 4.74 Å². The SMILES string of the molecule is CCCCCCC=C(CC)C(=O)OCC(C)C. The number of carbonyl (C=O) groups is 1. The van der Waals surface area contributed by atoms with E-state index < -0.39 is 0 Å². The third kappa shape index (κ3) is 8.96. The fourth-order valence-electron chi connectivity index (χ4n) is 1.55. The predicted octanol–water partition coefficient (Wildman–Crippen LogP) is 4.49. The summed E-state index contributed by atoms with van der Waals surface area (Å²) in [7, 11) is 0. The zero-order valence-corrected chi connectivity index (χ0v) is 11.9. The summed E-state index contributed by atoms with van der Waals surface area (Å²) in [5.41, 5.74) is 0.835. The minimum absolute atomic E-state index is 0.128. The lowest BCUT2D eigenvalue weighted by molar-refractivity contribution is -0.140. The Morgan fingerprint density at radius 1 is 1.18 bits per heavy atom. The molecule has 0 aromatic carbocycles. The van der Waals surface area contributed by atoms with Gasteiger partial charge in [-0.2, -0.15) is 0 Å². The lowest BCUT2D eigenvalue weighted by Crippen LogP contribution is -2.11. The standard InChI is InChI=1S/C15H28O2/c1-5-7-8-9-10-11-14(6-2)15(16)17-12-13(3)4/h11,13H,5-10,12H2,1-4H3. The highest BCUT2D eigenvalue weighted by Crippen LogP contribution is 2.10. The van der Waals surface area contributed by atoms with E-state index in [0.717, 1.165) is 18.4 Å². The molecular weight excluding hydrogens is 212 g/mol. The van der Waals surface area contributed by atoms with Crippen molar-refractivity contribution in [3.63, 3.8) is 0 Å². The lowest BCUT2D eigenvalue weighted by Gasteiger charge is -2.08. The maximum Gasteiger partial charge on any atom is 0.333 e. The van der Waals surface area contributed by atoms with Gasteiger partial charge in [-0.05, 0) is 25.2 Å². The maximum absolute atomic E-state index is 11.7. The van der Waals surface area contributed by atoms with Gasteiger partial charge in [0, 0.05) is 5.57 Å². The fourth-order valence-corrected chi connectivity index (χ4v) is 1.55. The highest BCUT2D eigenvalue weighted by atomic mass is 16.5. The van der Waals surface area contributed by atoms with E-state index in [-0.39, 0.29) is 5.97 Å². The Bertz CT molecular complexity index is 229. The number of hydrogen-bond acceptors (Lipinski definition) is 2. The Morgan fingerprint density at radius 2 is 1.88 bits per heavy atom. The first-order valence-electron chi connectivity index (χ1n) is 6.97. The molecule has 0 aliphatic heterocycles. The van der Waals surface area contributed by atoms with Crippen molar-refractivity contribution < 1.29 is 9.53 Å². The van der Waals surface area contributed by atoms with E-state index in [9.17, 15) is 4.79 Å². The van der Waals surface area contributed by atoms with E-state index in [1.54, 1.807) is 0 Å². The van der Waals surface area contributed by atoms with Crippen molar-refractivity contribution in [1.29, 1.82) is 0 Å². The lowest BCUT2D eigenvalue weighted by atomic mass is 10.1. The second-order valence-electron chi connectivity index (χ2n) is 4.92. The number of ether oxygens (including phenoxy) is 1. The van der Waals surface area contributed by atoms with Crippen LogP contribution in [0.3, 0.4) is 0 Å². The molecular formula is C15H28O2. The third-order valence-electron chi connectivity index (χ3n) is 2.64. The fraction of sp³-hybridized carbons (Fsp3) is 0.800. The summed E-state index contributed by atoms with van der Waals surface area (Å²) in [4.78, 5) is 11.7. The van der Waals surface area contributed by atoms with Crippen LogP contribution in [0.25, 0.3) is 0 Å². The van der Waals surface area contributed by atoms with Crippen LogP contribution in [0.4, 0.5) is 0 Å². The Kier molecular flexibility index (Phi) is 9.89. The molecule has 0 spiro atoms. The average Bonchev–Trinajstić information content (AvgIpc) is 2.31. The molecule has 2 nitrogen and oxygen atoms in total. The van der Waals surface area contributed by atoms with Crippen molar-refractivity contribution in [3.05, 3.63) is 11.6 Å². The highest BCUT2D eigenvalue weighted by Gasteiger charge is 2.09. The Labute approximate surface area is 106 Å². The van der Waals surface area contributed by atoms with Crippen LogP contribution in [0.2, 0.25) is 0 Å². The summed E-state index contributed by atoms with van der Waals surface area (Å²) < 4.78 is 5.23. The van der Waals surface area contributed by atoms with Crippen molar-refractivity contribution in [2.24, 2.45) is 5.92 Å². The summed E-state index contributed by atoms with van der Waals surface area (Å²) in [6.07, 6.45) is 8.79. The Balaban J connectivity index is 3.94. The van der Waals surface area contributed by atoms with Crippen LogP contribution in [0, 0.1) is 5.92 Å². The minimum Gasteiger partial charge on any atom is -0.462 e. The largest absolute Gasteiger partial charge is 0.462 e. The molecule has 0 fully saturated rings. The molecule has 0 aliphatic carbocycles. The first-order chi connectivity index (χ1) is 8.11. The van der Waals surface area contributed by atoms with Gasteiger partial charge in [0.15, 0.2) is 0 Å². The Morgan fingerprint density at radius 3 is 2.41 bits per heavy atom. The third-order valence-corrected chi connectivity index (χ3v) is 2.64. The van der Waals surface area contributed by atoms with Crippen molar-refractivity contribution >= 4 is 5.97 Å². The van der Waals surface area contributed by atoms with Gasteiger partial charge in [-0.25, -0.2) is 4.79 Å². The molecule has 0 amide bonds. The van der Waals surface area contributed by atoms with Crippen LogP contribution in [0.1, 0.15) is 66.2 Å². The number of unbranched alkanes of at least 4 members (excludes halogenated alkanes) is 4. The molecule has 100 valence electrons. The highest BCUT2D eigenvalue weighted by molar-refractivity contribution is 5.88. The van der Waals surface area contributed by atoms with Crippen molar-refractivity contribution in [1.82, 2.24) is 0 Å². The van der Waals surface area contributed by atoms with E-state index >= 15 is 0 Å². The van der Waals surface area contributed by atoms with Crippen LogP contribution < -0.4 is 0 Å². The number of carbonyl (C=O) groups excluding carboxylic acids is 1. The van der Waals surface area contributed by atoms with Crippen LogP contribution >= 0.6 is 0 Å². The van der Waals surface area contributed by atoms with E-state index in [1.807, 2.05) is 20.8 Å². The van der Waals surface area contributed by atoms with Gasteiger partial charge in [0.2, 0.25) is 0 Å². The molecule has 2 heteroatoms. The molecule has 0 aromatic rings. The van der Waals surface area contributed by atoms with Crippen molar-refractivity contribution in [3.8, 4) is 0 Å². The van der Waals surface area contributed by atoms with Gasteiger partial charge in [0.25, 0.3) is 0 Å². The molecule has 0 aromatic heterocycles. The molecule has 0 saturated carbocycles. The van der Waals surface area contributed by atoms with Crippen LogP contribution in [0.15, 0.2) is 11.6 Å². The van der Waals surface area contributed by atoms with Crippen LogP contribution in [0.5, 0.6) is 0 Å². The minimum atomic E-state index is -0.128. The van der Waals surface area contributed by atoms with Gasteiger partial charge in [-0.15, -0.1) is 0 Å². The molecule has 0 N–H and O–H groups in total. The van der Waals surface area contributed by atoms with Gasteiger partial charge in [0.05, 0.1) is 6.61 Å². The van der Waals surface area contributed by atoms with Gasteiger partial charge in [-0.3, -0.25) is 0 Å². The number of hydrogen-bond donors (Lipinski definition) is 0. The van der Waals surface area contributed by atoms with Gasteiger partial charge < -0.3 is 4.74 Å². The number of esters is 1. The molecule has 0 aliphatic rings.